The highest BCUT2D eigenvalue weighted by atomic mass is 19.2. The number of amides is 1. The van der Waals surface area contributed by atoms with Crippen molar-refractivity contribution in [1.82, 2.24) is 10.2 Å². The van der Waals surface area contributed by atoms with Crippen LogP contribution in [0, 0.1) is 18.6 Å². The molecule has 0 aliphatic carbocycles. The van der Waals surface area contributed by atoms with Gasteiger partial charge < -0.3 is 5.32 Å². The number of hydrogen-bond acceptors (Lipinski definition) is 2. The van der Waals surface area contributed by atoms with Crippen LogP contribution >= 0.6 is 0 Å². The van der Waals surface area contributed by atoms with Crippen molar-refractivity contribution in [1.29, 1.82) is 0 Å². The number of halogens is 2. The first-order chi connectivity index (χ1) is 11.5. The molecule has 0 bridgehead atoms. The lowest BCUT2D eigenvalue weighted by atomic mass is 10.1. The first-order valence-electron chi connectivity index (χ1n) is 7.39. The highest BCUT2D eigenvalue weighted by Gasteiger charge is 2.16. The molecule has 0 saturated carbocycles. The number of H-pyrrole nitrogens is 1. The van der Waals surface area contributed by atoms with Crippen molar-refractivity contribution >= 4 is 11.6 Å². The Labute approximate surface area is 137 Å². The minimum atomic E-state index is -0.963. The van der Waals surface area contributed by atoms with Crippen LogP contribution in [-0.2, 0) is 11.2 Å². The van der Waals surface area contributed by atoms with Gasteiger partial charge in [0.15, 0.2) is 11.6 Å². The number of hydrogen-bond donors (Lipinski definition) is 2. The number of nitrogens with zero attached hydrogens (tertiary/aromatic N) is 1. The first kappa shape index (κ1) is 15.9. The summed E-state index contributed by atoms with van der Waals surface area (Å²) in [6.45, 7) is 1.74. The zero-order valence-corrected chi connectivity index (χ0v) is 12.9. The van der Waals surface area contributed by atoms with Gasteiger partial charge in [0.2, 0.25) is 5.91 Å². The molecule has 0 unspecified atom stereocenters. The second kappa shape index (κ2) is 6.62. The summed E-state index contributed by atoms with van der Waals surface area (Å²) in [5.41, 5.74) is 2.73. The topological polar surface area (TPSA) is 57.8 Å². The van der Waals surface area contributed by atoms with Gasteiger partial charge in [0.05, 0.1) is 17.8 Å². The predicted molar refractivity (Wildman–Crippen MR) is 87.5 cm³/mol. The van der Waals surface area contributed by atoms with Crippen molar-refractivity contribution in [2.75, 3.05) is 5.32 Å². The fraction of sp³-hybridized carbons (Fsp3) is 0.111. The molecule has 3 aromatic rings. The summed E-state index contributed by atoms with van der Waals surface area (Å²) in [4.78, 5) is 12.2. The normalized spacial score (nSPS) is 10.6. The Morgan fingerprint density at radius 2 is 1.88 bits per heavy atom. The minimum Gasteiger partial charge on any atom is -0.322 e. The molecule has 24 heavy (non-hydrogen) atoms. The van der Waals surface area contributed by atoms with Crippen LogP contribution in [0.25, 0.3) is 11.3 Å². The van der Waals surface area contributed by atoms with Crippen LogP contribution < -0.4 is 5.32 Å². The number of aromatic nitrogens is 2. The van der Waals surface area contributed by atoms with E-state index in [1.807, 2.05) is 30.3 Å². The molecule has 0 fully saturated rings. The van der Waals surface area contributed by atoms with Gasteiger partial charge in [0.1, 0.15) is 5.69 Å². The smallest absolute Gasteiger partial charge is 0.228 e. The largest absolute Gasteiger partial charge is 0.322 e. The first-order valence-corrected chi connectivity index (χ1v) is 7.39. The van der Waals surface area contributed by atoms with Crippen LogP contribution in [0.4, 0.5) is 14.5 Å². The monoisotopic (exact) mass is 327 g/mol. The van der Waals surface area contributed by atoms with E-state index < -0.39 is 11.6 Å². The number of anilines is 1. The summed E-state index contributed by atoms with van der Waals surface area (Å²) in [6.07, 6.45) is 0.211. The van der Waals surface area contributed by atoms with Gasteiger partial charge in [-0.25, -0.2) is 8.78 Å². The molecule has 0 saturated heterocycles. The van der Waals surface area contributed by atoms with Crippen LogP contribution in [0.3, 0.4) is 0 Å². The number of rotatable bonds is 4. The van der Waals surface area contributed by atoms with E-state index in [9.17, 15) is 13.6 Å². The average Bonchev–Trinajstić information content (AvgIpc) is 2.92. The molecule has 0 aliphatic rings. The zero-order chi connectivity index (χ0) is 17.1. The summed E-state index contributed by atoms with van der Waals surface area (Å²) in [6, 6.07) is 12.8. The third-order valence-corrected chi connectivity index (χ3v) is 3.61. The second-order valence-corrected chi connectivity index (χ2v) is 5.41. The third kappa shape index (κ3) is 3.32. The summed E-state index contributed by atoms with van der Waals surface area (Å²) in [7, 11) is 0. The number of aromatic amines is 1. The van der Waals surface area contributed by atoms with Gasteiger partial charge >= 0.3 is 0 Å². The number of carbonyl (C=O) groups is 1. The second-order valence-electron chi connectivity index (χ2n) is 5.41. The zero-order valence-electron chi connectivity index (χ0n) is 12.9. The molecule has 1 aromatic heterocycles. The van der Waals surface area contributed by atoms with Gasteiger partial charge in [-0.15, -0.1) is 0 Å². The standard InChI is InChI=1S/C18H15F2N3O/c1-11-17(21-16(24)9-12-5-3-2-4-6-12)18(23-22-11)13-7-8-14(19)15(20)10-13/h2-8,10H,9H2,1H3,(H,21,24)(H,22,23). The highest BCUT2D eigenvalue weighted by Crippen LogP contribution is 2.29. The van der Waals surface area contributed by atoms with E-state index in [0.717, 1.165) is 17.7 Å². The van der Waals surface area contributed by atoms with Gasteiger partial charge in [-0.05, 0) is 30.7 Å². The van der Waals surface area contributed by atoms with Crippen molar-refractivity contribution in [3.05, 3.63) is 71.4 Å². The average molecular weight is 327 g/mol. The molecule has 0 atom stereocenters. The van der Waals surface area contributed by atoms with E-state index in [-0.39, 0.29) is 12.3 Å². The van der Waals surface area contributed by atoms with Crippen LogP contribution in [0.5, 0.6) is 0 Å². The summed E-state index contributed by atoms with van der Waals surface area (Å²) >= 11 is 0. The molecule has 1 heterocycles. The third-order valence-electron chi connectivity index (χ3n) is 3.61. The van der Waals surface area contributed by atoms with E-state index in [0.29, 0.717) is 22.6 Å². The van der Waals surface area contributed by atoms with E-state index in [1.54, 1.807) is 6.92 Å². The lowest BCUT2D eigenvalue weighted by molar-refractivity contribution is -0.115. The van der Waals surface area contributed by atoms with Crippen LogP contribution in [0.2, 0.25) is 0 Å². The fourth-order valence-corrected chi connectivity index (χ4v) is 2.40. The molecular formula is C18H15F2N3O. The Hall–Kier alpha value is -3.02. The molecule has 3 rings (SSSR count). The summed E-state index contributed by atoms with van der Waals surface area (Å²) in [5.74, 6) is -2.11. The van der Waals surface area contributed by atoms with Gasteiger partial charge in [0.25, 0.3) is 0 Å². The maximum atomic E-state index is 13.5. The highest BCUT2D eigenvalue weighted by molar-refractivity contribution is 5.96. The van der Waals surface area contributed by atoms with Crippen LogP contribution in [0.15, 0.2) is 48.5 Å². The molecule has 122 valence electrons. The summed E-state index contributed by atoms with van der Waals surface area (Å²) < 4.78 is 26.6. The van der Waals surface area contributed by atoms with Crippen molar-refractivity contribution < 1.29 is 13.6 Å². The molecule has 6 heteroatoms. The quantitative estimate of drug-likeness (QED) is 0.765. The Kier molecular flexibility index (Phi) is 4.37. The van der Waals surface area contributed by atoms with Crippen molar-refractivity contribution in [3.8, 4) is 11.3 Å². The molecule has 0 spiro atoms. The summed E-state index contributed by atoms with van der Waals surface area (Å²) in [5, 5.41) is 9.64. The molecular weight excluding hydrogens is 312 g/mol. The van der Waals surface area contributed by atoms with Crippen molar-refractivity contribution in [3.63, 3.8) is 0 Å². The fourth-order valence-electron chi connectivity index (χ4n) is 2.40. The van der Waals surface area contributed by atoms with Gasteiger partial charge in [-0.3, -0.25) is 9.89 Å². The molecule has 0 radical (unpaired) electrons. The van der Waals surface area contributed by atoms with E-state index in [4.69, 9.17) is 0 Å². The molecule has 2 aromatic carbocycles. The van der Waals surface area contributed by atoms with Crippen molar-refractivity contribution in [2.24, 2.45) is 0 Å². The molecule has 0 aliphatic heterocycles. The maximum Gasteiger partial charge on any atom is 0.228 e. The van der Waals surface area contributed by atoms with E-state index in [2.05, 4.69) is 15.5 Å². The maximum absolute atomic E-state index is 13.5. The van der Waals surface area contributed by atoms with Gasteiger partial charge in [-0.2, -0.15) is 5.10 Å². The number of nitrogens with one attached hydrogen (secondary N) is 2. The molecule has 2 N–H and O–H groups in total. The number of benzene rings is 2. The molecule has 1 amide bonds. The van der Waals surface area contributed by atoms with Crippen LogP contribution in [-0.4, -0.2) is 16.1 Å². The van der Waals surface area contributed by atoms with E-state index in [1.165, 1.54) is 6.07 Å². The number of carbonyl (C=O) groups excluding carboxylic acids is 1. The van der Waals surface area contributed by atoms with E-state index >= 15 is 0 Å². The Balaban J connectivity index is 1.85. The Morgan fingerprint density at radius 1 is 1.12 bits per heavy atom. The van der Waals surface area contributed by atoms with Gasteiger partial charge in [-0.1, -0.05) is 30.3 Å². The minimum absolute atomic E-state index is 0.211. The lowest BCUT2D eigenvalue weighted by Crippen LogP contribution is -2.15. The SMILES string of the molecule is Cc1[nH]nc(-c2ccc(F)c(F)c2)c1NC(=O)Cc1ccccc1. The Morgan fingerprint density at radius 3 is 2.58 bits per heavy atom. The Bertz CT molecular complexity index is 875. The molecule has 4 nitrogen and oxygen atoms in total. The van der Waals surface area contributed by atoms with Crippen molar-refractivity contribution in [2.45, 2.75) is 13.3 Å². The lowest BCUT2D eigenvalue weighted by Gasteiger charge is -2.07. The van der Waals surface area contributed by atoms with Gasteiger partial charge in [0, 0.05) is 5.56 Å². The predicted octanol–water partition coefficient (Wildman–Crippen LogP) is 3.84. The van der Waals surface area contributed by atoms with Crippen LogP contribution in [0.1, 0.15) is 11.3 Å². The number of aryl methyl sites for hydroxylation is 1.